The lowest BCUT2D eigenvalue weighted by molar-refractivity contribution is 0.0688. The highest BCUT2D eigenvalue weighted by atomic mass is 79.9. The lowest BCUT2D eigenvalue weighted by Crippen LogP contribution is -2.56. The topological polar surface area (TPSA) is 28.2 Å². The number of aromatic nitrogens is 1. The molecule has 18 heavy (non-hydrogen) atoms. The molecule has 3 nitrogen and oxygen atoms in total. The molecule has 2 rings (SSSR count). The Morgan fingerprint density at radius 1 is 1.44 bits per heavy atom. The van der Waals surface area contributed by atoms with Crippen molar-refractivity contribution < 1.29 is 0 Å². The third kappa shape index (κ3) is 3.53. The van der Waals surface area contributed by atoms with E-state index >= 15 is 0 Å². The highest BCUT2D eigenvalue weighted by molar-refractivity contribution is 9.10. The van der Waals surface area contributed by atoms with Gasteiger partial charge in [0.1, 0.15) is 0 Å². The first-order chi connectivity index (χ1) is 8.47. The van der Waals surface area contributed by atoms with Gasteiger partial charge in [-0.1, -0.05) is 20.8 Å². The first-order valence-electron chi connectivity index (χ1n) is 6.51. The van der Waals surface area contributed by atoms with E-state index in [-0.39, 0.29) is 0 Å². The predicted molar refractivity (Wildman–Crippen MR) is 78.5 cm³/mol. The fraction of sp³-hybridized carbons (Fsp3) is 0.643. The fourth-order valence-corrected chi connectivity index (χ4v) is 2.98. The lowest BCUT2D eigenvalue weighted by Gasteiger charge is -2.43. The average Bonchev–Trinajstić information content (AvgIpc) is 2.28. The Morgan fingerprint density at radius 3 is 2.89 bits per heavy atom. The van der Waals surface area contributed by atoms with E-state index in [2.05, 4.69) is 58.0 Å². The van der Waals surface area contributed by atoms with Gasteiger partial charge in [-0.3, -0.25) is 9.88 Å². The van der Waals surface area contributed by atoms with E-state index in [1.807, 2.05) is 12.4 Å². The summed E-state index contributed by atoms with van der Waals surface area (Å²) in [4.78, 5) is 6.82. The van der Waals surface area contributed by atoms with Gasteiger partial charge in [0.05, 0.1) is 0 Å². The predicted octanol–water partition coefficient (Wildman–Crippen LogP) is 2.66. The molecule has 0 amide bonds. The van der Waals surface area contributed by atoms with Gasteiger partial charge in [0.25, 0.3) is 0 Å². The minimum atomic E-state index is 0.298. The van der Waals surface area contributed by atoms with Crippen molar-refractivity contribution in [3.05, 3.63) is 28.5 Å². The summed E-state index contributed by atoms with van der Waals surface area (Å²) >= 11 is 3.49. The van der Waals surface area contributed by atoms with Crippen molar-refractivity contribution in [2.75, 3.05) is 19.6 Å². The van der Waals surface area contributed by atoms with Gasteiger partial charge < -0.3 is 5.32 Å². The number of pyridine rings is 1. The van der Waals surface area contributed by atoms with Crippen LogP contribution in [0.25, 0.3) is 0 Å². The standard InChI is InChI=1S/C14H22BrN3/c1-14(2,3)13-9-16-4-5-18(13)10-11-6-12(15)8-17-7-11/h6-8,13,16H,4-5,9-10H2,1-3H3. The Labute approximate surface area is 118 Å². The summed E-state index contributed by atoms with van der Waals surface area (Å²) < 4.78 is 1.06. The molecule has 1 N–H and O–H groups in total. The Morgan fingerprint density at radius 2 is 2.22 bits per heavy atom. The summed E-state index contributed by atoms with van der Waals surface area (Å²) in [6.07, 6.45) is 3.80. The van der Waals surface area contributed by atoms with Crippen molar-refractivity contribution in [2.45, 2.75) is 33.4 Å². The molecule has 1 atom stereocenters. The van der Waals surface area contributed by atoms with Crippen LogP contribution in [0, 0.1) is 5.41 Å². The van der Waals surface area contributed by atoms with Crippen LogP contribution in [0.5, 0.6) is 0 Å². The molecule has 1 fully saturated rings. The summed E-state index contributed by atoms with van der Waals surface area (Å²) in [5, 5.41) is 3.50. The average molecular weight is 312 g/mol. The number of piperazine rings is 1. The van der Waals surface area contributed by atoms with Gasteiger partial charge >= 0.3 is 0 Å². The highest BCUT2D eigenvalue weighted by Gasteiger charge is 2.32. The van der Waals surface area contributed by atoms with Crippen molar-refractivity contribution in [1.82, 2.24) is 15.2 Å². The van der Waals surface area contributed by atoms with E-state index in [4.69, 9.17) is 0 Å². The number of nitrogens with one attached hydrogen (secondary N) is 1. The van der Waals surface area contributed by atoms with Crippen molar-refractivity contribution >= 4 is 15.9 Å². The third-order valence-corrected chi connectivity index (χ3v) is 3.93. The summed E-state index contributed by atoms with van der Waals surface area (Å²) in [6.45, 7) is 11.2. The van der Waals surface area contributed by atoms with Crippen LogP contribution in [0.3, 0.4) is 0 Å². The van der Waals surface area contributed by atoms with Crippen LogP contribution in [0.1, 0.15) is 26.3 Å². The molecule has 1 unspecified atom stereocenters. The van der Waals surface area contributed by atoms with Crippen LogP contribution in [0.15, 0.2) is 22.9 Å². The quantitative estimate of drug-likeness (QED) is 0.910. The monoisotopic (exact) mass is 311 g/mol. The Balaban J connectivity index is 2.10. The van der Waals surface area contributed by atoms with E-state index in [0.717, 1.165) is 30.7 Å². The summed E-state index contributed by atoms with van der Waals surface area (Å²) in [7, 11) is 0. The summed E-state index contributed by atoms with van der Waals surface area (Å²) in [5.41, 5.74) is 1.58. The van der Waals surface area contributed by atoms with Gasteiger partial charge in [-0.05, 0) is 33.0 Å². The molecule has 0 aromatic carbocycles. The van der Waals surface area contributed by atoms with Crippen LogP contribution in [0.4, 0.5) is 0 Å². The van der Waals surface area contributed by atoms with E-state index in [1.165, 1.54) is 5.56 Å². The van der Waals surface area contributed by atoms with Gasteiger partial charge in [-0.15, -0.1) is 0 Å². The maximum Gasteiger partial charge on any atom is 0.0410 e. The van der Waals surface area contributed by atoms with Crippen molar-refractivity contribution in [2.24, 2.45) is 5.41 Å². The molecule has 0 spiro atoms. The first-order valence-corrected chi connectivity index (χ1v) is 7.30. The minimum Gasteiger partial charge on any atom is -0.314 e. The highest BCUT2D eigenvalue weighted by Crippen LogP contribution is 2.26. The second-order valence-corrected chi connectivity index (χ2v) is 6.98. The molecule has 0 aliphatic carbocycles. The molecule has 1 saturated heterocycles. The van der Waals surface area contributed by atoms with E-state index < -0.39 is 0 Å². The molecule has 1 aromatic rings. The third-order valence-electron chi connectivity index (χ3n) is 3.50. The normalized spacial score (nSPS) is 22.1. The molecule has 1 aliphatic heterocycles. The molecule has 1 aliphatic rings. The van der Waals surface area contributed by atoms with Gasteiger partial charge in [-0.25, -0.2) is 0 Å². The number of hydrogen-bond acceptors (Lipinski definition) is 3. The second kappa shape index (κ2) is 5.68. The number of halogens is 1. The fourth-order valence-electron chi connectivity index (χ4n) is 2.57. The van der Waals surface area contributed by atoms with Crippen LogP contribution in [-0.2, 0) is 6.54 Å². The van der Waals surface area contributed by atoms with Gasteiger partial charge in [0.2, 0.25) is 0 Å². The Kier molecular flexibility index (Phi) is 4.41. The molecule has 0 saturated carbocycles. The van der Waals surface area contributed by atoms with E-state index in [9.17, 15) is 0 Å². The van der Waals surface area contributed by atoms with Crippen molar-refractivity contribution in [3.8, 4) is 0 Å². The second-order valence-electron chi connectivity index (χ2n) is 6.07. The Bertz CT molecular complexity index is 400. The van der Waals surface area contributed by atoms with Crippen molar-refractivity contribution in [1.29, 1.82) is 0 Å². The van der Waals surface area contributed by atoms with E-state index in [1.54, 1.807) is 0 Å². The molecule has 1 aromatic heterocycles. The molecule has 4 heteroatoms. The van der Waals surface area contributed by atoms with Crippen LogP contribution >= 0.6 is 15.9 Å². The molecule has 0 bridgehead atoms. The number of rotatable bonds is 2. The molecular weight excluding hydrogens is 290 g/mol. The van der Waals surface area contributed by atoms with Gasteiger partial charge in [0, 0.05) is 49.1 Å². The number of hydrogen-bond donors (Lipinski definition) is 1. The van der Waals surface area contributed by atoms with Gasteiger partial charge in [-0.2, -0.15) is 0 Å². The lowest BCUT2D eigenvalue weighted by atomic mass is 9.84. The Hall–Kier alpha value is -0.450. The maximum atomic E-state index is 4.25. The van der Waals surface area contributed by atoms with Crippen LogP contribution in [-0.4, -0.2) is 35.6 Å². The zero-order valence-corrected chi connectivity index (χ0v) is 13.0. The first kappa shape index (κ1) is 14.0. The molecule has 0 radical (unpaired) electrons. The smallest absolute Gasteiger partial charge is 0.0410 e. The van der Waals surface area contributed by atoms with Crippen molar-refractivity contribution in [3.63, 3.8) is 0 Å². The molecular formula is C14H22BrN3. The zero-order valence-electron chi connectivity index (χ0n) is 11.4. The summed E-state index contributed by atoms with van der Waals surface area (Å²) in [5.74, 6) is 0. The SMILES string of the molecule is CC(C)(C)C1CNCCN1Cc1cncc(Br)c1. The maximum absolute atomic E-state index is 4.25. The molecule has 2 heterocycles. The summed E-state index contributed by atoms with van der Waals surface area (Å²) in [6, 6.07) is 2.74. The van der Waals surface area contributed by atoms with Crippen LogP contribution in [0.2, 0.25) is 0 Å². The largest absolute Gasteiger partial charge is 0.314 e. The zero-order chi connectivity index (χ0) is 13.2. The van der Waals surface area contributed by atoms with E-state index in [0.29, 0.717) is 11.5 Å². The number of nitrogens with zero attached hydrogens (tertiary/aromatic N) is 2. The molecule has 100 valence electrons. The van der Waals surface area contributed by atoms with Gasteiger partial charge in [0.15, 0.2) is 0 Å². The van der Waals surface area contributed by atoms with Crippen LogP contribution < -0.4 is 5.32 Å². The minimum absolute atomic E-state index is 0.298.